The molecule has 1 saturated heterocycles. The molecule has 0 radical (unpaired) electrons. The molecule has 0 aromatic carbocycles. The summed E-state index contributed by atoms with van der Waals surface area (Å²) in [5.41, 5.74) is 5.59. The molecule has 0 bridgehead atoms. The van der Waals surface area contributed by atoms with E-state index < -0.39 is 16.3 Å². The van der Waals surface area contributed by atoms with E-state index in [0.29, 0.717) is 19.0 Å². The minimum Gasteiger partial charge on any atom is -0.392 e. The molecule has 0 aromatic rings. The molecule has 0 spiro atoms. The average Bonchev–Trinajstić information content (AvgIpc) is 2.25. The van der Waals surface area contributed by atoms with Crippen LogP contribution in [0.15, 0.2) is 0 Å². The normalized spacial score (nSPS) is 24.1. The van der Waals surface area contributed by atoms with E-state index >= 15 is 0 Å². The van der Waals surface area contributed by atoms with Gasteiger partial charge in [-0.15, -0.1) is 0 Å². The Kier molecular flexibility index (Phi) is 5.51. The molecular weight excluding hydrogens is 270 g/mol. The Labute approximate surface area is 115 Å². The monoisotopic (exact) mass is 293 g/mol. The Hall–Kier alpha value is -0.240. The van der Waals surface area contributed by atoms with E-state index in [2.05, 4.69) is 11.6 Å². The molecule has 1 fully saturated rings. The number of nitrogens with one attached hydrogen (secondary N) is 1. The van der Waals surface area contributed by atoms with Gasteiger partial charge in [-0.1, -0.05) is 33.0 Å². The largest absolute Gasteiger partial charge is 0.392 e. The van der Waals surface area contributed by atoms with Gasteiger partial charge >= 0.3 is 0 Å². The third-order valence-electron chi connectivity index (χ3n) is 3.21. The van der Waals surface area contributed by atoms with Gasteiger partial charge in [-0.05, 0) is 24.7 Å². The van der Waals surface area contributed by atoms with E-state index in [1.165, 1.54) is 4.31 Å². The van der Waals surface area contributed by atoms with Crippen LogP contribution in [0.3, 0.4) is 0 Å². The number of nitrogens with zero attached hydrogens (tertiary/aromatic N) is 1. The first-order chi connectivity index (χ1) is 8.24. The van der Waals surface area contributed by atoms with Gasteiger partial charge in [0.25, 0.3) is 10.2 Å². The zero-order chi connectivity index (χ0) is 13.9. The molecule has 18 heavy (non-hydrogen) atoms. The number of nitrogens with two attached hydrogens (primary N) is 1. The van der Waals surface area contributed by atoms with Gasteiger partial charge in [-0.2, -0.15) is 17.4 Å². The first-order valence-electron chi connectivity index (χ1n) is 6.30. The van der Waals surface area contributed by atoms with Crippen LogP contribution in [0.1, 0.15) is 33.6 Å². The second kappa shape index (κ2) is 6.27. The molecule has 106 valence electrons. The number of hydrogen-bond donors (Lipinski definition) is 2. The lowest BCUT2D eigenvalue weighted by Gasteiger charge is -2.32. The van der Waals surface area contributed by atoms with Crippen molar-refractivity contribution in [1.82, 2.24) is 9.03 Å². The Morgan fingerprint density at radius 2 is 2.11 bits per heavy atom. The van der Waals surface area contributed by atoms with Gasteiger partial charge in [0.2, 0.25) is 0 Å². The molecule has 1 rings (SSSR count). The first-order valence-corrected chi connectivity index (χ1v) is 8.15. The van der Waals surface area contributed by atoms with Gasteiger partial charge in [0, 0.05) is 13.1 Å². The molecule has 0 saturated carbocycles. The van der Waals surface area contributed by atoms with Crippen molar-refractivity contribution in [2.45, 2.75) is 39.7 Å². The highest BCUT2D eigenvalue weighted by atomic mass is 32.2. The van der Waals surface area contributed by atoms with Crippen molar-refractivity contribution >= 4 is 27.4 Å². The summed E-state index contributed by atoms with van der Waals surface area (Å²) in [6, 6.07) is -0.484. The van der Waals surface area contributed by atoms with Gasteiger partial charge < -0.3 is 5.73 Å². The second-order valence-electron chi connectivity index (χ2n) is 5.35. The lowest BCUT2D eigenvalue weighted by molar-refractivity contribution is 0.276. The summed E-state index contributed by atoms with van der Waals surface area (Å²) < 4.78 is 28.6. The van der Waals surface area contributed by atoms with E-state index in [9.17, 15) is 8.42 Å². The van der Waals surface area contributed by atoms with Crippen LogP contribution in [0, 0.1) is 11.8 Å². The van der Waals surface area contributed by atoms with Gasteiger partial charge in [0.15, 0.2) is 0 Å². The van der Waals surface area contributed by atoms with Gasteiger partial charge in [-0.3, -0.25) is 0 Å². The molecule has 1 heterocycles. The number of hydrogen-bond acceptors (Lipinski definition) is 3. The SMILES string of the molecule is CC1CCCN(S(=O)(=O)NC(C(N)=S)C(C)C)C1. The van der Waals surface area contributed by atoms with Crippen LogP contribution in [-0.4, -0.2) is 36.8 Å². The highest BCUT2D eigenvalue weighted by Gasteiger charge is 2.30. The fourth-order valence-electron chi connectivity index (χ4n) is 2.12. The molecule has 7 heteroatoms. The van der Waals surface area contributed by atoms with Crippen molar-refractivity contribution in [3.8, 4) is 0 Å². The van der Waals surface area contributed by atoms with Gasteiger partial charge in [0.1, 0.15) is 0 Å². The van der Waals surface area contributed by atoms with E-state index in [0.717, 1.165) is 12.8 Å². The number of rotatable bonds is 5. The van der Waals surface area contributed by atoms with Crippen LogP contribution >= 0.6 is 12.2 Å². The highest BCUT2D eigenvalue weighted by Crippen LogP contribution is 2.18. The van der Waals surface area contributed by atoms with E-state index in [-0.39, 0.29) is 10.9 Å². The van der Waals surface area contributed by atoms with E-state index in [1.54, 1.807) is 0 Å². The maximum atomic E-state index is 12.3. The lowest BCUT2D eigenvalue weighted by atomic mass is 10.0. The highest BCUT2D eigenvalue weighted by molar-refractivity contribution is 7.87. The summed E-state index contributed by atoms with van der Waals surface area (Å²) >= 11 is 4.92. The predicted octanol–water partition coefficient (Wildman–Crippen LogP) is 0.863. The smallest absolute Gasteiger partial charge is 0.280 e. The molecule has 0 amide bonds. The van der Waals surface area contributed by atoms with Gasteiger partial charge in [-0.25, -0.2) is 0 Å². The van der Waals surface area contributed by atoms with Crippen molar-refractivity contribution in [1.29, 1.82) is 0 Å². The fourth-order valence-corrected chi connectivity index (χ4v) is 4.22. The Bertz CT molecular complexity index is 395. The Balaban J connectivity index is 2.77. The quantitative estimate of drug-likeness (QED) is 0.737. The summed E-state index contributed by atoms with van der Waals surface area (Å²) in [6.07, 6.45) is 1.98. The molecule has 2 unspecified atom stereocenters. The number of piperidine rings is 1. The van der Waals surface area contributed by atoms with Crippen LogP contribution in [0.4, 0.5) is 0 Å². The van der Waals surface area contributed by atoms with Crippen molar-refractivity contribution in [2.24, 2.45) is 17.6 Å². The van der Waals surface area contributed by atoms with Crippen LogP contribution in [0.5, 0.6) is 0 Å². The molecular formula is C11H23N3O2S2. The first kappa shape index (κ1) is 15.8. The molecule has 1 aliphatic rings. The topological polar surface area (TPSA) is 75.4 Å². The lowest BCUT2D eigenvalue weighted by Crippen LogP contribution is -2.53. The minimum absolute atomic E-state index is 0.0412. The summed E-state index contributed by atoms with van der Waals surface area (Å²) in [4.78, 5) is 0.193. The van der Waals surface area contributed by atoms with Crippen LogP contribution in [0.2, 0.25) is 0 Å². The van der Waals surface area contributed by atoms with Crippen LogP contribution in [-0.2, 0) is 10.2 Å². The summed E-state index contributed by atoms with van der Waals surface area (Å²) in [7, 11) is -3.49. The number of thiocarbonyl (C=S) groups is 1. The summed E-state index contributed by atoms with van der Waals surface area (Å²) in [5, 5.41) is 0. The van der Waals surface area contributed by atoms with Crippen molar-refractivity contribution < 1.29 is 8.42 Å². The molecule has 2 atom stereocenters. The minimum atomic E-state index is -3.49. The molecule has 0 aromatic heterocycles. The Morgan fingerprint density at radius 1 is 1.50 bits per heavy atom. The molecule has 3 N–H and O–H groups in total. The van der Waals surface area contributed by atoms with Crippen molar-refractivity contribution in [2.75, 3.05) is 13.1 Å². The second-order valence-corrected chi connectivity index (χ2v) is 7.53. The van der Waals surface area contributed by atoms with Crippen molar-refractivity contribution in [3.63, 3.8) is 0 Å². The standard InChI is InChI=1S/C11H23N3O2S2/c1-8(2)10(11(12)17)13-18(15,16)14-6-4-5-9(3)7-14/h8-10,13H,4-7H2,1-3H3,(H2,12,17). The summed E-state index contributed by atoms with van der Waals surface area (Å²) in [5.74, 6) is 0.442. The average molecular weight is 293 g/mol. The third kappa shape index (κ3) is 4.15. The van der Waals surface area contributed by atoms with Crippen molar-refractivity contribution in [3.05, 3.63) is 0 Å². The molecule has 1 aliphatic heterocycles. The molecule has 5 nitrogen and oxygen atoms in total. The summed E-state index contributed by atoms with van der Waals surface area (Å²) in [6.45, 7) is 6.99. The Morgan fingerprint density at radius 3 is 2.56 bits per heavy atom. The zero-order valence-electron chi connectivity index (χ0n) is 11.2. The molecule has 0 aliphatic carbocycles. The van der Waals surface area contributed by atoms with Crippen LogP contribution < -0.4 is 10.5 Å². The van der Waals surface area contributed by atoms with Crippen LogP contribution in [0.25, 0.3) is 0 Å². The third-order valence-corrected chi connectivity index (χ3v) is 5.03. The zero-order valence-corrected chi connectivity index (χ0v) is 12.9. The maximum Gasteiger partial charge on any atom is 0.280 e. The maximum absolute atomic E-state index is 12.3. The predicted molar refractivity (Wildman–Crippen MR) is 77.4 cm³/mol. The van der Waals surface area contributed by atoms with Gasteiger partial charge in [0.05, 0.1) is 11.0 Å². The fraction of sp³-hybridized carbons (Fsp3) is 0.909. The van der Waals surface area contributed by atoms with E-state index in [4.69, 9.17) is 18.0 Å². The van der Waals surface area contributed by atoms with E-state index in [1.807, 2.05) is 13.8 Å².